The van der Waals surface area contributed by atoms with Gasteiger partial charge in [-0.05, 0) is 12.1 Å². The monoisotopic (exact) mass is 262 g/mol. The molecule has 2 N–H and O–H groups in total. The highest BCUT2D eigenvalue weighted by atomic mass is 19.4. The standard InChI is InChI=1S/C10H9F3N2O3/c11-10(12,13)3-4-14-8(16)6-1-2-7(9(17)18)15-5-6/h1-2,5H,3-4H2,(H,14,16)(H,17,18). The van der Waals surface area contributed by atoms with Gasteiger partial charge in [-0.3, -0.25) is 4.79 Å². The molecule has 18 heavy (non-hydrogen) atoms. The van der Waals surface area contributed by atoms with Gasteiger partial charge >= 0.3 is 12.1 Å². The number of hydrogen-bond donors (Lipinski definition) is 2. The van der Waals surface area contributed by atoms with E-state index in [9.17, 15) is 22.8 Å². The van der Waals surface area contributed by atoms with Crippen LogP contribution in [0.15, 0.2) is 18.3 Å². The van der Waals surface area contributed by atoms with Gasteiger partial charge in [-0.15, -0.1) is 0 Å². The Labute approximate surface area is 99.6 Å². The topological polar surface area (TPSA) is 79.3 Å². The fourth-order valence-corrected chi connectivity index (χ4v) is 1.07. The Morgan fingerprint density at radius 3 is 2.44 bits per heavy atom. The maximum absolute atomic E-state index is 11.8. The number of carboxylic acids is 1. The van der Waals surface area contributed by atoms with Crippen LogP contribution in [-0.4, -0.2) is 34.7 Å². The van der Waals surface area contributed by atoms with Crippen LogP contribution in [0.25, 0.3) is 0 Å². The van der Waals surface area contributed by atoms with Crippen LogP contribution in [0.2, 0.25) is 0 Å². The van der Waals surface area contributed by atoms with E-state index in [4.69, 9.17) is 5.11 Å². The second kappa shape index (κ2) is 5.48. The molecule has 0 aliphatic heterocycles. The van der Waals surface area contributed by atoms with E-state index < -0.39 is 31.0 Å². The lowest BCUT2D eigenvalue weighted by molar-refractivity contribution is -0.133. The molecule has 0 radical (unpaired) electrons. The molecular weight excluding hydrogens is 253 g/mol. The smallest absolute Gasteiger partial charge is 0.390 e. The summed E-state index contributed by atoms with van der Waals surface area (Å²) in [6.07, 6.45) is -4.47. The van der Waals surface area contributed by atoms with Gasteiger partial charge in [0.05, 0.1) is 12.0 Å². The molecule has 0 spiro atoms. The summed E-state index contributed by atoms with van der Waals surface area (Å²) in [6, 6.07) is 2.28. The van der Waals surface area contributed by atoms with Crippen molar-refractivity contribution in [1.82, 2.24) is 10.3 Å². The molecule has 0 aromatic carbocycles. The van der Waals surface area contributed by atoms with E-state index in [0.29, 0.717) is 0 Å². The van der Waals surface area contributed by atoms with Crippen LogP contribution in [0.5, 0.6) is 0 Å². The summed E-state index contributed by atoms with van der Waals surface area (Å²) >= 11 is 0. The molecule has 8 heteroatoms. The minimum atomic E-state index is -4.33. The molecule has 1 aromatic heterocycles. The molecule has 0 unspecified atom stereocenters. The van der Waals surface area contributed by atoms with Gasteiger partial charge < -0.3 is 10.4 Å². The molecule has 0 saturated carbocycles. The summed E-state index contributed by atoms with van der Waals surface area (Å²) in [5.41, 5.74) is -0.246. The summed E-state index contributed by atoms with van der Waals surface area (Å²) < 4.78 is 35.5. The van der Waals surface area contributed by atoms with E-state index >= 15 is 0 Å². The first-order valence-electron chi connectivity index (χ1n) is 4.84. The number of nitrogens with one attached hydrogen (secondary N) is 1. The molecule has 0 fully saturated rings. The van der Waals surface area contributed by atoms with Gasteiger partial charge in [0.1, 0.15) is 5.69 Å². The number of carbonyl (C=O) groups is 2. The van der Waals surface area contributed by atoms with Crippen LogP contribution >= 0.6 is 0 Å². The fraction of sp³-hybridized carbons (Fsp3) is 0.300. The fourth-order valence-electron chi connectivity index (χ4n) is 1.07. The Morgan fingerprint density at radius 2 is 2.00 bits per heavy atom. The summed E-state index contributed by atoms with van der Waals surface area (Å²) in [5.74, 6) is -1.98. The molecule has 5 nitrogen and oxygen atoms in total. The van der Waals surface area contributed by atoms with Crippen molar-refractivity contribution in [2.75, 3.05) is 6.54 Å². The molecule has 0 bridgehead atoms. The first kappa shape index (κ1) is 13.9. The normalized spacial score (nSPS) is 11.1. The van der Waals surface area contributed by atoms with Crippen molar-refractivity contribution < 1.29 is 27.9 Å². The van der Waals surface area contributed by atoms with Gasteiger partial charge in [0, 0.05) is 12.7 Å². The lowest BCUT2D eigenvalue weighted by Gasteiger charge is -2.07. The van der Waals surface area contributed by atoms with Crippen molar-refractivity contribution in [2.45, 2.75) is 12.6 Å². The van der Waals surface area contributed by atoms with Crippen molar-refractivity contribution in [3.63, 3.8) is 0 Å². The van der Waals surface area contributed by atoms with E-state index in [0.717, 1.165) is 12.3 Å². The quantitative estimate of drug-likeness (QED) is 0.861. The minimum absolute atomic E-state index is 0.00201. The highest BCUT2D eigenvalue weighted by Crippen LogP contribution is 2.18. The predicted molar refractivity (Wildman–Crippen MR) is 54.2 cm³/mol. The molecule has 0 aliphatic carbocycles. The van der Waals surface area contributed by atoms with E-state index in [-0.39, 0.29) is 11.3 Å². The zero-order valence-corrected chi connectivity index (χ0v) is 8.99. The summed E-state index contributed by atoms with van der Waals surface area (Å²) in [4.78, 5) is 25.3. The Kier molecular flexibility index (Phi) is 4.24. The Bertz CT molecular complexity index is 443. The lowest BCUT2D eigenvalue weighted by atomic mass is 10.2. The van der Waals surface area contributed by atoms with Crippen LogP contribution in [0, 0.1) is 0 Å². The minimum Gasteiger partial charge on any atom is -0.477 e. The number of nitrogens with zero attached hydrogens (tertiary/aromatic N) is 1. The number of alkyl halides is 3. The Hall–Kier alpha value is -2.12. The molecule has 1 aromatic rings. The van der Waals surface area contributed by atoms with E-state index in [2.05, 4.69) is 10.3 Å². The molecule has 0 aliphatic rings. The molecule has 1 rings (SSSR count). The third-order valence-corrected chi connectivity index (χ3v) is 1.94. The molecule has 98 valence electrons. The van der Waals surface area contributed by atoms with Crippen molar-refractivity contribution in [2.24, 2.45) is 0 Å². The van der Waals surface area contributed by atoms with Crippen LogP contribution in [0.4, 0.5) is 13.2 Å². The molecule has 0 atom stereocenters. The number of aromatic nitrogens is 1. The van der Waals surface area contributed by atoms with Crippen molar-refractivity contribution in [3.05, 3.63) is 29.6 Å². The van der Waals surface area contributed by atoms with Crippen LogP contribution in [0.1, 0.15) is 27.3 Å². The van der Waals surface area contributed by atoms with Gasteiger partial charge in [0.15, 0.2) is 0 Å². The van der Waals surface area contributed by atoms with Gasteiger partial charge in [-0.2, -0.15) is 13.2 Å². The Balaban J connectivity index is 2.54. The second-order valence-corrected chi connectivity index (χ2v) is 3.36. The lowest BCUT2D eigenvalue weighted by Crippen LogP contribution is -2.28. The van der Waals surface area contributed by atoms with Gasteiger partial charge in [-0.25, -0.2) is 9.78 Å². The average molecular weight is 262 g/mol. The third kappa shape index (κ3) is 4.40. The third-order valence-electron chi connectivity index (χ3n) is 1.94. The number of pyridine rings is 1. The van der Waals surface area contributed by atoms with E-state index in [1.165, 1.54) is 6.07 Å². The zero-order chi connectivity index (χ0) is 13.8. The largest absolute Gasteiger partial charge is 0.477 e. The van der Waals surface area contributed by atoms with Crippen molar-refractivity contribution >= 4 is 11.9 Å². The van der Waals surface area contributed by atoms with Gasteiger partial charge in [0.25, 0.3) is 5.91 Å². The summed E-state index contributed by atoms with van der Waals surface area (Å²) in [7, 11) is 0. The van der Waals surface area contributed by atoms with Crippen LogP contribution in [0.3, 0.4) is 0 Å². The summed E-state index contributed by atoms with van der Waals surface area (Å²) in [6.45, 7) is -0.539. The van der Waals surface area contributed by atoms with Crippen molar-refractivity contribution in [1.29, 1.82) is 0 Å². The number of aromatic carboxylic acids is 1. The first-order chi connectivity index (χ1) is 8.29. The van der Waals surface area contributed by atoms with Crippen LogP contribution < -0.4 is 5.32 Å². The maximum Gasteiger partial charge on any atom is 0.390 e. The zero-order valence-electron chi connectivity index (χ0n) is 8.99. The highest BCUT2D eigenvalue weighted by molar-refractivity contribution is 5.94. The molecular formula is C10H9F3N2O3. The first-order valence-corrected chi connectivity index (χ1v) is 4.84. The number of carbonyl (C=O) groups excluding carboxylic acids is 1. The summed E-state index contributed by atoms with van der Waals surface area (Å²) in [5, 5.41) is 10.6. The van der Waals surface area contributed by atoms with Gasteiger partial charge in [0.2, 0.25) is 0 Å². The van der Waals surface area contributed by atoms with Gasteiger partial charge in [-0.1, -0.05) is 0 Å². The number of hydrogen-bond acceptors (Lipinski definition) is 3. The van der Waals surface area contributed by atoms with Crippen LogP contribution in [-0.2, 0) is 0 Å². The molecule has 1 heterocycles. The number of amides is 1. The van der Waals surface area contributed by atoms with Crippen molar-refractivity contribution in [3.8, 4) is 0 Å². The second-order valence-electron chi connectivity index (χ2n) is 3.36. The predicted octanol–water partition coefficient (Wildman–Crippen LogP) is 1.46. The maximum atomic E-state index is 11.8. The molecule has 1 amide bonds. The molecule has 0 saturated heterocycles. The van der Waals surface area contributed by atoms with E-state index in [1.54, 1.807) is 0 Å². The Morgan fingerprint density at radius 1 is 1.33 bits per heavy atom. The highest BCUT2D eigenvalue weighted by Gasteiger charge is 2.26. The van der Waals surface area contributed by atoms with E-state index in [1.807, 2.05) is 0 Å². The average Bonchev–Trinajstić information content (AvgIpc) is 2.27. The number of halogens is 3. The number of carboxylic acid groups (broad SMARTS) is 1. The SMILES string of the molecule is O=C(NCCC(F)(F)F)c1ccc(C(=O)O)nc1. The number of rotatable bonds is 4.